The van der Waals surface area contributed by atoms with Gasteiger partial charge in [-0.25, -0.2) is 19.5 Å². The van der Waals surface area contributed by atoms with Gasteiger partial charge in [-0.15, -0.1) is 0 Å². The fraction of sp³-hybridized carbons (Fsp3) is 0.371. The van der Waals surface area contributed by atoms with E-state index in [2.05, 4.69) is 20.0 Å². The maximum Gasteiger partial charge on any atom is 0.459 e. The summed E-state index contributed by atoms with van der Waals surface area (Å²) < 4.78 is 41.3. The topological polar surface area (TPSA) is 153 Å². The number of imidazole rings is 1. The van der Waals surface area contributed by atoms with Crippen LogP contribution in [-0.4, -0.2) is 50.3 Å². The second kappa shape index (κ2) is 14.8. The lowest BCUT2D eigenvalue weighted by molar-refractivity contribution is -0.152. The quantitative estimate of drug-likeness (QED) is 0.0772. The number of hydrogen-bond donors (Lipinski definition) is 2. The van der Waals surface area contributed by atoms with Gasteiger partial charge in [0.1, 0.15) is 30.5 Å². The molecule has 1 saturated carbocycles. The summed E-state index contributed by atoms with van der Waals surface area (Å²) in [5, 5.41) is 4.82. The van der Waals surface area contributed by atoms with E-state index in [0.29, 0.717) is 29.8 Å². The van der Waals surface area contributed by atoms with Gasteiger partial charge in [-0.3, -0.25) is 13.9 Å². The number of halogens is 1. The summed E-state index contributed by atoms with van der Waals surface area (Å²) in [6.45, 7) is -0.0946. The van der Waals surface area contributed by atoms with E-state index in [1.807, 2.05) is 66.7 Å². The Bertz CT molecular complexity index is 1970. The van der Waals surface area contributed by atoms with Gasteiger partial charge in [0.25, 0.3) is 0 Å². The van der Waals surface area contributed by atoms with Gasteiger partial charge >= 0.3 is 13.7 Å². The van der Waals surface area contributed by atoms with E-state index >= 15 is 0 Å². The summed E-state index contributed by atoms with van der Waals surface area (Å²) in [6.07, 6.45) is 6.26. The molecule has 1 aliphatic heterocycles. The molecule has 0 amide bonds. The Kier molecular flexibility index (Phi) is 10.1. The Morgan fingerprint density at radius 2 is 1.78 bits per heavy atom. The largest absolute Gasteiger partial charge is 0.461 e. The smallest absolute Gasteiger partial charge is 0.459 e. The Hall–Kier alpha value is -4.06. The summed E-state index contributed by atoms with van der Waals surface area (Å²) in [5.74, 6) is 0.0709. The summed E-state index contributed by atoms with van der Waals surface area (Å²) in [7, 11) is -4.25. The van der Waals surface area contributed by atoms with Crippen molar-refractivity contribution in [2.75, 3.05) is 12.3 Å². The molecule has 0 radical (unpaired) electrons. The van der Waals surface area contributed by atoms with Gasteiger partial charge in [0.05, 0.1) is 12.7 Å². The lowest BCUT2D eigenvalue weighted by Crippen LogP contribution is -2.41. The molecule has 1 saturated heterocycles. The number of carbonyl (C=O) groups excluding carboxylic acids is 1. The van der Waals surface area contributed by atoms with Crippen molar-refractivity contribution in [2.45, 2.75) is 75.8 Å². The minimum Gasteiger partial charge on any atom is -0.461 e. The fourth-order valence-electron chi connectivity index (χ4n) is 6.48. The van der Waals surface area contributed by atoms with E-state index in [-0.39, 0.29) is 30.2 Å². The predicted octanol–water partition coefficient (Wildman–Crippen LogP) is 7.17. The lowest BCUT2D eigenvalue weighted by atomic mass is 9.97. The normalized spacial score (nSPS) is 20.3. The maximum absolute atomic E-state index is 14.9. The average Bonchev–Trinajstić information content (AvgIpc) is 3.72. The number of ether oxygens (including phenoxy) is 2. The molecule has 12 nitrogen and oxygen atoms in total. The number of fused-ring (bicyclic) bond motifs is 2. The highest BCUT2D eigenvalue weighted by Crippen LogP contribution is 2.48. The minimum atomic E-state index is -4.25. The Morgan fingerprint density at radius 1 is 1.00 bits per heavy atom. The zero-order valence-electron chi connectivity index (χ0n) is 26.8. The molecule has 0 bridgehead atoms. The van der Waals surface area contributed by atoms with Crippen molar-refractivity contribution in [3.05, 3.63) is 90.0 Å². The SMILES string of the molecule is Nc1ncnc2c1nc(Cl)n2[C@H]1CC[C@@H](COP(=O)(N[C@@H](Cc2ccccc2)C(=O)OC2CCCCC2)Oc2cccc3ccccc23)O1. The number of nitrogens with zero attached hydrogens (tertiary/aromatic N) is 4. The van der Waals surface area contributed by atoms with Crippen LogP contribution in [0.1, 0.15) is 56.7 Å². The third-order valence-corrected chi connectivity index (χ3v) is 10.8. The molecule has 2 aromatic heterocycles. The van der Waals surface area contributed by atoms with Crippen LogP contribution in [0.25, 0.3) is 21.9 Å². The van der Waals surface area contributed by atoms with E-state index in [4.69, 9.17) is 35.9 Å². The van der Waals surface area contributed by atoms with Crippen LogP contribution >= 0.6 is 19.3 Å². The van der Waals surface area contributed by atoms with Gasteiger partial charge in [-0.05, 0) is 73.6 Å². The van der Waals surface area contributed by atoms with Gasteiger partial charge < -0.3 is 19.7 Å². The molecule has 1 unspecified atom stereocenters. The van der Waals surface area contributed by atoms with Crippen LogP contribution in [0.5, 0.6) is 5.75 Å². The molecule has 0 spiro atoms. The van der Waals surface area contributed by atoms with E-state index in [9.17, 15) is 9.36 Å². The Labute approximate surface area is 288 Å². The number of anilines is 1. The Morgan fingerprint density at radius 3 is 2.61 bits per heavy atom. The molecular formula is C35H38ClN6O6P. The van der Waals surface area contributed by atoms with Crippen LogP contribution < -0.4 is 15.3 Å². The molecule has 3 aromatic carbocycles. The first-order valence-electron chi connectivity index (χ1n) is 16.6. The number of carbonyl (C=O) groups is 1. The molecule has 2 aliphatic rings. The predicted molar refractivity (Wildman–Crippen MR) is 186 cm³/mol. The Balaban J connectivity index is 1.14. The average molecular weight is 705 g/mol. The highest BCUT2D eigenvalue weighted by Gasteiger charge is 2.38. The number of nitrogen functional groups attached to an aromatic ring is 1. The maximum atomic E-state index is 14.9. The van der Waals surface area contributed by atoms with Crippen molar-refractivity contribution >= 4 is 53.1 Å². The van der Waals surface area contributed by atoms with Crippen molar-refractivity contribution in [2.24, 2.45) is 0 Å². The number of nitrogens with one attached hydrogen (secondary N) is 1. The number of rotatable bonds is 12. The third-order valence-electron chi connectivity index (χ3n) is 8.95. The molecule has 5 aromatic rings. The van der Waals surface area contributed by atoms with Crippen molar-refractivity contribution < 1.29 is 27.9 Å². The summed E-state index contributed by atoms with van der Waals surface area (Å²) in [4.78, 5) is 26.4. The molecule has 3 N–H and O–H groups in total. The number of aromatic nitrogens is 4. The summed E-state index contributed by atoms with van der Waals surface area (Å²) in [6, 6.07) is 21.6. The molecule has 4 atom stereocenters. The van der Waals surface area contributed by atoms with Gasteiger partial charge in [0, 0.05) is 5.39 Å². The van der Waals surface area contributed by atoms with Crippen LogP contribution in [-0.2, 0) is 29.8 Å². The van der Waals surface area contributed by atoms with Gasteiger partial charge in [-0.1, -0.05) is 73.2 Å². The van der Waals surface area contributed by atoms with Crippen LogP contribution in [0, 0.1) is 0 Å². The lowest BCUT2D eigenvalue weighted by Gasteiger charge is -2.28. The molecule has 1 aliphatic carbocycles. The fourth-order valence-corrected chi connectivity index (χ4v) is 8.29. The number of hydrogen-bond acceptors (Lipinski definition) is 10. The molecule has 2 fully saturated rings. The standard InChI is InChI=1S/C35H38ClN6O6P/c36-35-40-31-32(37)38-22-39-33(31)42(35)30-19-18-26(46-30)21-45-49(44,48-29-17-9-13-24-12-7-8-16-27(24)29)41-28(20-23-10-3-1-4-11-23)34(43)47-25-14-5-2-6-15-25/h1,3-4,7-13,16-17,22,25-26,28,30H,2,5-6,14-15,18-21H2,(H,41,44)(H2,37,38,39)/t26-,28-,30+,49?/m0/s1. The van der Waals surface area contributed by atoms with E-state index < -0.39 is 32.1 Å². The zero-order valence-corrected chi connectivity index (χ0v) is 28.5. The molecule has 49 heavy (non-hydrogen) atoms. The van der Waals surface area contributed by atoms with Crippen molar-refractivity contribution in [1.82, 2.24) is 24.6 Å². The number of esters is 1. The molecule has 256 valence electrons. The van der Waals surface area contributed by atoms with Gasteiger partial charge in [0.2, 0.25) is 5.28 Å². The number of benzene rings is 3. The minimum absolute atomic E-state index is 0.0946. The van der Waals surface area contributed by atoms with Crippen LogP contribution in [0.3, 0.4) is 0 Å². The first-order valence-corrected chi connectivity index (χ1v) is 18.5. The molecule has 7 rings (SSSR count). The van der Waals surface area contributed by atoms with E-state index in [1.54, 1.807) is 10.6 Å². The third kappa shape index (κ3) is 7.74. The highest BCUT2D eigenvalue weighted by molar-refractivity contribution is 7.52. The first kappa shape index (κ1) is 33.4. The second-order valence-electron chi connectivity index (χ2n) is 12.4. The van der Waals surface area contributed by atoms with Crippen LogP contribution in [0.15, 0.2) is 79.1 Å². The van der Waals surface area contributed by atoms with E-state index in [0.717, 1.165) is 48.4 Å². The van der Waals surface area contributed by atoms with Gasteiger partial charge in [-0.2, -0.15) is 5.09 Å². The monoisotopic (exact) mass is 704 g/mol. The van der Waals surface area contributed by atoms with Crippen molar-refractivity contribution in [3.8, 4) is 5.75 Å². The number of nitrogens with two attached hydrogens (primary N) is 1. The first-order chi connectivity index (χ1) is 23.8. The van der Waals surface area contributed by atoms with Gasteiger partial charge in [0.15, 0.2) is 17.0 Å². The molecule has 14 heteroatoms. The van der Waals surface area contributed by atoms with E-state index in [1.165, 1.54) is 6.33 Å². The summed E-state index contributed by atoms with van der Waals surface area (Å²) in [5.41, 5.74) is 7.70. The summed E-state index contributed by atoms with van der Waals surface area (Å²) >= 11 is 6.48. The van der Waals surface area contributed by atoms with Crippen molar-refractivity contribution in [3.63, 3.8) is 0 Å². The van der Waals surface area contributed by atoms with Crippen molar-refractivity contribution in [1.29, 1.82) is 0 Å². The highest BCUT2D eigenvalue weighted by atomic mass is 35.5. The zero-order chi connectivity index (χ0) is 33.8. The molecular weight excluding hydrogens is 667 g/mol. The van der Waals surface area contributed by atoms with Crippen LogP contribution in [0.2, 0.25) is 5.28 Å². The van der Waals surface area contributed by atoms with Crippen LogP contribution in [0.4, 0.5) is 5.82 Å². The molecule has 3 heterocycles. The second-order valence-corrected chi connectivity index (χ2v) is 14.4.